The largest absolute Gasteiger partial charge is 0.389 e. The lowest BCUT2D eigenvalue weighted by atomic mass is 9.91. The Kier molecular flexibility index (Phi) is 2.40. The van der Waals surface area contributed by atoms with E-state index in [1.165, 1.54) is 0 Å². The number of ether oxygens (including phenoxy) is 3. The normalized spacial score (nSPS) is 47.1. The molecule has 0 unspecified atom stereocenters. The van der Waals surface area contributed by atoms with E-state index >= 15 is 0 Å². The van der Waals surface area contributed by atoms with E-state index < -0.39 is 11.9 Å². The highest BCUT2D eigenvalue weighted by molar-refractivity contribution is 9.09. The van der Waals surface area contributed by atoms with Crippen LogP contribution in [-0.4, -0.2) is 48.3 Å². The van der Waals surface area contributed by atoms with Gasteiger partial charge in [0.25, 0.3) is 0 Å². The van der Waals surface area contributed by atoms with Crippen molar-refractivity contribution < 1.29 is 19.3 Å². The predicted octanol–water partition coefficient (Wildman–Crippen LogP) is 0.271. The van der Waals surface area contributed by atoms with E-state index in [-0.39, 0.29) is 17.0 Å². The Morgan fingerprint density at radius 1 is 1.46 bits per heavy atom. The number of methoxy groups -OCH3 is 2. The second-order valence-corrected chi connectivity index (χ2v) is 4.51. The summed E-state index contributed by atoms with van der Waals surface area (Å²) in [5.74, 6) is -0.756. The average molecular weight is 253 g/mol. The monoisotopic (exact) mass is 252 g/mol. The molecule has 2 aliphatic rings. The first-order valence-electron chi connectivity index (χ1n) is 4.22. The lowest BCUT2D eigenvalue weighted by Crippen LogP contribution is -2.53. The van der Waals surface area contributed by atoms with Crippen molar-refractivity contribution in [2.45, 2.75) is 35.3 Å². The summed E-state index contributed by atoms with van der Waals surface area (Å²) < 4.78 is 16.1. The summed E-state index contributed by atoms with van der Waals surface area (Å²) in [4.78, 5) is -0.00377. The van der Waals surface area contributed by atoms with E-state index in [0.29, 0.717) is 6.42 Å². The summed E-state index contributed by atoms with van der Waals surface area (Å²) in [6, 6.07) is 0. The van der Waals surface area contributed by atoms with Crippen LogP contribution in [0.1, 0.15) is 6.42 Å². The van der Waals surface area contributed by atoms with Crippen molar-refractivity contribution in [3.05, 3.63) is 0 Å². The zero-order valence-electron chi connectivity index (χ0n) is 7.57. The molecule has 5 heteroatoms. The molecular weight excluding hydrogens is 240 g/mol. The number of rotatable bonds is 2. The van der Waals surface area contributed by atoms with Gasteiger partial charge >= 0.3 is 0 Å². The molecule has 0 saturated carbocycles. The van der Waals surface area contributed by atoms with Gasteiger partial charge in [0.15, 0.2) is 5.79 Å². The second-order valence-electron chi connectivity index (χ2n) is 3.45. The molecule has 4 nitrogen and oxygen atoms in total. The quantitative estimate of drug-likeness (QED) is 0.567. The van der Waals surface area contributed by atoms with Crippen LogP contribution in [0.5, 0.6) is 0 Å². The summed E-state index contributed by atoms with van der Waals surface area (Å²) in [6.45, 7) is 0. The van der Waals surface area contributed by atoms with E-state index in [2.05, 4.69) is 15.9 Å². The van der Waals surface area contributed by atoms with Crippen molar-refractivity contribution in [3.8, 4) is 0 Å². The molecule has 0 aromatic carbocycles. The Balaban J connectivity index is 2.21. The Hall–Kier alpha value is 0.320. The molecule has 2 saturated heterocycles. The van der Waals surface area contributed by atoms with Crippen LogP contribution in [0.3, 0.4) is 0 Å². The lowest BCUT2D eigenvalue weighted by Gasteiger charge is -2.36. The van der Waals surface area contributed by atoms with Crippen LogP contribution in [0.15, 0.2) is 0 Å². The van der Waals surface area contributed by atoms with Crippen molar-refractivity contribution in [2.75, 3.05) is 14.2 Å². The number of hydrogen-bond donors (Lipinski definition) is 1. The topological polar surface area (TPSA) is 47.9 Å². The van der Waals surface area contributed by atoms with Crippen molar-refractivity contribution in [3.63, 3.8) is 0 Å². The lowest BCUT2D eigenvalue weighted by molar-refractivity contribution is -0.246. The van der Waals surface area contributed by atoms with Gasteiger partial charge in [-0.3, -0.25) is 0 Å². The molecule has 2 fully saturated rings. The first-order chi connectivity index (χ1) is 6.14. The van der Waals surface area contributed by atoms with Gasteiger partial charge in [-0.15, -0.1) is 0 Å². The van der Waals surface area contributed by atoms with Gasteiger partial charge in [-0.2, -0.15) is 0 Å². The second kappa shape index (κ2) is 3.17. The fourth-order valence-electron chi connectivity index (χ4n) is 2.13. The van der Waals surface area contributed by atoms with Gasteiger partial charge in [0.2, 0.25) is 0 Å². The van der Waals surface area contributed by atoms with E-state index in [0.717, 1.165) is 0 Å². The maximum atomic E-state index is 9.75. The van der Waals surface area contributed by atoms with E-state index in [1.807, 2.05) is 0 Å². The van der Waals surface area contributed by atoms with Crippen LogP contribution < -0.4 is 0 Å². The van der Waals surface area contributed by atoms with Crippen molar-refractivity contribution in [1.82, 2.24) is 0 Å². The third-order valence-electron chi connectivity index (χ3n) is 2.92. The first kappa shape index (κ1) is 9.86. The van der Waals surface area contributed by atoms with Gasteiger partial charge in [-0.25, -0.2) is 0 Å². The van der Waals surface area contributed by atoms with Gasteiger partial charge in [0.1, 0.15) is 12.2 Å². The van der Waals surface area contributed by atoms with Gasteiger partial charge in [0.05, 0.1) is 10.9 Å². The highest BCUT2D eigenvalue weighted by Crippen LogP contribution is 2.46. The molecule has 0 aromatic rings. The molecule has 13 heavy (non-hydrogen) atoms. The molecule has 1 N–H and O–H groups in total. The molecule has 0 radical (unpaired) electrons. The number of alkyl halides is 1. The van der Waals surface area contributed by atoms with Crippen LogP contribution >= 0.6 is 15.9 Å². The number of hydrogen-bond acceptors (Lipinski definition) is 4. The van der Waals surface area contributed by atoms with Crippen molar-refractivity contribution in [2.24, 2.45) is 0 Å². The van der Waals surface area contributed by atoms with Crippen molar-refractivity contribution in [1.29, 1.82) is 0 Å². The Bertz CT molecular complexity index is 204. The molecule has 2 rings (SSSR count). The summed E-state index contributed by atoms with van der Waals surface area (Å²) >= 11 is 3.38. The summed E-state index contributed by atoms with van der Waals surface area (Å²) in [7, 11) is 3.15. The first-order valence-corrected chi connectivity index (χ1v) is 5.14. The van der Waals surface area contributed by atoms with Gasteiger partial charge < -0.3 is 19.3 Å². The Morgan fingerprint density at radius 3 is 2.46 bits per heavy atom. The smallest absolute Gasteiger partial charge is 0.199 e. The van der Waals surface area contributed by atoms with E-state index in [4.69, 9.17) is 14.2 Å². The van der Waals surface area contributed by atoms with Crippen molar-refractivity contribution >= 4 is 15.9 Å². The number of aliphatic hydroxyl groups is 1. The zero-order valence-corrected chi connectivity index (χ0v) is 9.15. The third kappa shape index (κ3) is 1.18. The number of aliphatic hydroxyl groups excluding tert-OH is 1. The molecule has 0 aromatic heterocycles. The predicted molar refractivity (Wildman–Crippen MR) is 48.7 cm³/mol. The fourth-order valence-corrected chi connectivity index (χ4v) is 2.72. The van der Waals surface area contributed by atoms with Crippen LogP contribution in [0.25, 0.3) is 0 Å². The van der Waals surface area contributed by atoms with Crippen LogP contribution in [0.2, 0.25) is 0 Å². The molecule has 0 spiro atoms. The summed E-state index contributed by atoms with van der Waals surface area (Å²) in [5.41, 5.74) is 0. The zero-order chi connectivity index (χ0) is 9.64. The average Bonchev–Trinajstić information content (AvgIpc) is 2.65. The minimum absolute atomic E-state index is 0.00377. The maximum Gasteiger partial charge on any atom is 0.199 e. The van der Waals surface area contributed by atoms with E-state index in [1.54, 1.807) is 14.2 Å². The fraction of sp³-hybridized carbons (Fsp3) is 1.00. The minimum atomic E-state index is -0.756. The van der Waals surface area contributed by atoms with Crippen LogP contribution in [0.4, 0.5) is 0 Å². The Morgan fingerprint density at radius 2 is 2.08 bits per heavy atom. The van der Waals surface area contributed by atoms with Crippen LogP contribution in [-0.2, 0) is 14.2 Å². The number of fused-ring (bicyclic) bond motifs is 2. The Labute approximate surface area is 85.3 Å². The SMILES string of the molecule is COC1(OC)C[C@@H]2O[C@H]1[C@H](O)[C@H]2Br. The van der Waals surface area contributed by atoms with Gasteiger partial charge in [0, 0.05) is 20.6 Å². The van der Waals surface area contributed by atoms with E-state index in [9.17, 15) is 5.11 Å². The van der Waals surface area contributed by atoms with Gasteiger partial charge in [-0.1, -0.05) is 15.9 Å². The maximum absolute atomic E-state index is 9.75. The molecule has 2 bridgehead atoms. The third-order valence-corrected chi connectivity index (χ3v) is 4.05. The summed E-state index contributed by atoms with van der Waals surface area (Å²) in [5, 5.41) is 9.75. The molecule has 76 valence electrons. The number of halogens is 1. The van der Waals surface area contributed by atoms with Crippen LogP contribution in [0, 0.1) is 0 Å². The minimum Gasteiger partial charge on any atom is -0.389 e. The standard InChI is InChI=1S/C8H13BrO4/c1-11-8(12-2)3-4-5(9)6(10)7(8)13-4/h4-7,10H,3H2,1-2H3/t4-,5-,6+,7-/m0/s1. The molecule has 2 aliphatic heterocycles. The highest BCUT2D eigenvalue weighted by atomic mass is 79.9. The molecule has 4 atom stereocenters. The van der Waals surface area contributed by atoms with Gasteiger partial charge in [-0.05, 0) is 0 Å². The summed E-state index contributed by atoms with van der Waals surface area (Å²) in [6.07, 6.45) is -0.284. The molecule has 0 aliphatic carbocycles. The highest BCUT2D eigenvalue weighted by Gasteiger charge is 2.62. The molecule has 0 amide bonds. The molecular formula is C8H13BrO4. The molecule has 2 heterocycles.